The predicted molar refractivity (Wildman–Crippen MR) is 68.7 cm³/mol. The first kappa shape index (κ1) is 12.7. The van der Waals surface area contributed by atoms with Crippen LogP contribution in [0.15, 0.2) is 22.7 Å². The number of nitro groups is 1. The number of nitrogens with one attached hydrogen (secondary N) is 1. The summed E-state index contributed by atoms with van der Waals surface area (Å²) in [6.45, 7) is 3.75. The Morgan fingerprint density at radius 1 is 1.56 bits per heavy atom. The van der Waals surface area contributed by atoms with Crippen molar-refractivity contribution in [3.8, 4) is 10.6 Å². The molecule has 0 aliphatic rings. The summed E-state index contributed by atoms with van der Waals surface area (Å²) in [4.78, 5) is 15.1. The first-order valence-electron chi connectivity index (χ1n) is 5.60. The molecule has 0 saturated heterocycles. The normalized spacial score (nSPS) is 10.7. The Morgan fingerprint density at radius 3 is 3.06 bits per heavy atom. The summed E-state index contributed by atoms with van der Waals surface area (Å²) < 4.78 is 5.55. The monoisotopic (exact) mass is 267 g/mol. The van der Waals surface area contributed by atoms with E-state index in [1.54, 1.807) is 12.3 Å². The Morgan fingerprint density at radius 2 is 2.39 bits per heavy atom. The molecule has 0 atom stereocenters. The molecule has 0 spiro atoms. The van der Waals surface area contributed by atoms with E-state index in [-0.39, 0.29) is 5.00 Å². The van der Waals surface area contributed by atoms with Gasteiger partial charge < -0.3 is 9.73 Å². The quantitative estimate of drug-likeness (QED) is 0.494. The molecule has 0 bridgehead atoms. The van der Waals surface area contributed by atoms with E-state index in [2.05, 4.69) is 10.3 Å². The average Bonchev–Trinajstić information content (AvgIpc) is 2.97. The second-order valence-corrected chi connectivity index (χ2v) is 4.68. The number of nitrogens with zero attached hydrogens (tertiary/aromatic N) is 2. The van der Waals surface area contributed by atoms with Gasteiger partial charge in [0, 0.05) is 19.0 Å². The molecule has 96 valence electrons. The van der Waals surface area contributed by atoms with Crippen LogP contribution >= 0.6 is 11.3 Å². The highest BCUT2D eigenvalue weighted by Crippen LogP contribution is 2.32. The van der Waals surface area contributed by atoms with Crippen LogP contribution in [0.1, 0.15) is 12.8 Å². The molecule has 2 heterocycles. The van der Waals surface area contributed by atoms with Crippen molar-refractivity contribution in [3.63, 3.8) is 0 Å². The fraction of sp³-hybridized carbons (Fsp3) is 0.364. The molecule has 0 unspecified atom stereocenters. The topological polar surface area (TPSA) is 81.2 Å². The van der Waals surface area contributed by atoms with E-state index in [1.165, 1.54) is 6.07 Å². The summed E-state index contributed by atoms with van der Waals surface area (Å²) in [6.07, 6.45) is 2.32. The minimum Gasteiger partial charge on any atom is -0.440 e. The number of oxazole rings is 1. The SMILES string of the molecule is CCNCCc1ncc(-c2ccc([N+](=O)[O-])s2)o1. The smallest absolute Gasteiger partial charge is 0.324 e. The third-order valence-corrected chi connectivity index (χ3v) is 3.39. The van der Waals surface area contributed by atoms with Crippen LogP contribution in [-0.2, 0) is 6.42 Å². The standard InChI is InChI=1S/C11H13N3O3S/c1-2-12-6-5-10-13-7-8(17-10)9-3-4-11(18-9)14(15)16/h3-4,7,12H,2,5-6H2,1H3. The molecule has 2 aromatic heterocycles. The molecule has 0 aliphatic carbocycles. The number of likely N-dealkylation sites (N-methyl/N-ethyl adjacent to an activating group) is 1. The molecule has 0 aromatic carbocycles. The molecule has 0 fully saturated rings. The Hall–Kier alpha value is -1.73. The summed E-state index contributed by atoms with van der Waals surface area (Å²) in [5.74, 6) is 1.22. The minimum atomic E-state index is -0.406. The molecule has 0 amide bonds. The lowest BCUT2D eigenvalue weighted by Gasteiger charge is -1.96. The van der Waals surface area contributed by atoms with Crippen molar-refractivity contribution < 1.29 is 9.34 Å². The molecular formula is C11H13N3O3S. The average molecular weight is 267 g/mol. The van der Waals surface area contributed by atoms with E-state index in [4.69, 9.17) is 4.42 Å². The van der Waals surface area contributed by atoms with E-state index < -0.39 is 4.92 Å². The number of hydrogen-bond acceptors (Lipinski definition) is 6. The van der Waals surface area contributed by atoms with Crippen LogP contribution in [0.4, 0.5) is 5.00 Å². The van der Waals surface area contributed by atoms with Crippen molar-refractivity contribution in [1.29, 1.82) is 0 Å². The first-order valence-corrected chi connectivity index (χ1v) is 6.42. The fourth-order valence-corrected chi connectivity index (χ4v) is 2.24. The molecule has 0 aliphatic heterocycles. The summed E-state index contributed by atoms with van der Waals surface area (Å²) in [7, 11) is 0. The van der Waals surface area contributed by atoms with Gasteiger partial charge in [-0.05, 0) is 12.6 Å². The maximum Gasteiger partial charge on any atom is 0.324 e. The summed E-state index contributed by atoms with van der Waals surface area (Å²) >= 11 is 1.09. The van der Waals surface area contributed by atoms with Crippen molar-refractivity contribution in [2.75, 3.05) is 13.1 Å². The first-order chi connectivity index (χ1) is 8.70. The maximum atomic E-state index is 10.6. The van der Waals surface area contributed by atoms with Crippen molar-refractivity contribution in [1.82, 2.24) is 10.3 Å². The number of hydrogen-bond donors (Lipinski definition) is 1. The molecule has 0 radical (unpaired) electrons. The van der Waals surface area contributed by atoms with Gasteiger partial charge in [0.05, 0.1) is 16.0 Å². The minimum absolute atomic E-state index is 0.107. The zero-order valence-corrected chi connectivity index (χ0v) is 10.7. The van der Waals surface area contributed by atoms with E-state index in [0.717, 1.165) is 29.3 Å². The number of rotatable bonds is 6. The Bertz CT molecular complexity index is 535. The van der Waals surface area contributed by atoms with E-state index in [9.17, 15) is 10.1 Å². The highest BCUT2D eigenvalue weighted by atomic mass is 32.1. The van der Waals surface area contributed by atoms with Crippen LogP contribution in [0.2, 0.25) is 0 Å². The third kappa shape index (κ3) is 2.93. The van der Waals surface area contributed by atoms with Crippen molar-refractivity contribution in [2.24, 2.45) is 0 Å². The number of aromatic nitrogens is 1. The highest BCUT2D eigenvalue weighted by Gasteiger charge is 2.14. The number of thiophene rings is 1. The zero-order chi connectivity index (χ0) is 13.0. The van der Waals surface area contributed by atoms with E-state index in [1.807, 2.05) is 6.92 Å². The van der Waals surface area contributed by atoms with Crippen LogP contribution in [0.3, 0.4) is 0 Å². The molecular weight excluding hydrogens is 254 g/mol. The van der Waals surface area contributed by atoms with Crippen LogP contribution in [0.25, 0.3) is 10.6 Å². The van der Waals surface area contributed by atoms with Gasteiger partial charge in [0.1, 0.15) is 0 Å². The molecule has 0 saturated carbocycles. The molecule has 2 aromatic rings. The zero-order valence-electron chi connectivity index (χ0n) is 9.88. The van der Waals surface area contributed by atoms with Gasteiger partial charge in [-0.15, -0.1) is 0 Å². The second-order valence-electron chi connectivity index (χ2n) is 3.62. The molecule has 7 heteroatoms. The van der Waals surface area contributed by atoms with Gasteiger partial charge in [-0.1, -0.05) is 18.3 Å². The largest absolute Gasteiger partial charge is 0.440 e. The van der Waals surface area contributed by atoms with Crippen molar-refractivity contribution in [2.45, 2.75) is 13.3 Å². The van der Waals surface area contributed by atoms with Crippen LogP contribution < -0.4 is 5.32 Å². The van der Waals surface area contributed by atoms with Gasteiger partial charge in [-0.2, -0.15) is 0 Å². The van der Waals surface area contributed by atoms with Gasteiger partial charge in [0.25, 0.3) is 0 Å². The third-order valence-electron chi connectivity index (χ3n) is 2.33. The van der Waals surface area contributed by atoms with Crippen LogP contribution in [0.5, 0.6) is 0 Å². The lowest BCUT2D eigenvalue weighted by Crippen LogP contribution is -2.16. The van der Waals surface area contributed by atoms with Crippen molar-refractivity contribution in [3.05, 3.63) is 34.3 Å². The van der Waals surface area contributed by atoms with Gasteiger partial charge >= 0.3 is 5.00 Å². The molecule has 1 N–H and O–H groups in total. The lowest BCUT2D eigenvalue weighted by molar-refractivity contribution is -0.380. The predicted octanol–water partition coefficient (Wildman–Crippen LogP) is 2.46. The summed E-state index contributed by atoms with van der Waals surface area (Å²) in [6, 6.07) is 3.15. The molecule has 6 nitrogen and oxygen atoms in total. The van der Waals surface area contributed by atoms with Gasteiger partial charge in [-0.3, -0.25) is 10.1 Å². The maximum absolute atomic E-state index is 10.6. The van der Waals surface area contributed by atoms with E-state index in [0.29, 0.717) is 18.1 Å². The highest BCUT2D eigenvalue weighted by molar-refractivity contribution is 7.18. The van der Waals surface area contributed by atoms with Crippen LogP contribution in [0, 0.1) is 10.1 Å². The van der Waals surface area contributed by atoms with Gasteiger partial charge in [0.2, 0.25) is 0 Å². The lowest BCUT2D eigenvalue weighted by atomic mass is 10.4. The van der Waals surface area contributed by atoms with Gasteiger partial charge in [-0.25, -0.2) is 4.98 Å². The Kier molecular flexibility index (Phi) is 4.06. The Balaban J connectivity index is 2.06. The van der Waals surface area contributed by atoms with Crippen LogP contribution in [-0.4, -0.2) is 23.0 Å². The molecule has 2 rings (SSSR count). The summed E-state index contributed by atoms with van der Waals surface area (Å²) in [5, 5.41) is 13.9. The molecule has 18 heavy (non-hydrogen) atoms. The summed E-state index contributed by atoms with van der Waals surface area (Å²) in [5.41, 5.74) is 0. The Labute approximate surface area is 108 Å². The van der Waals surface area contributed by atoms with Gasteiger partial charge in [0.15, 0.2) is 11.7 Å². The van der Waals surface area contributed by atoms with Crippen molar-refractivity contribution >= 4 is 16.3 Å². The fourth-order valence-electron chi connectivity index (χ4n) is 1.47. The second kappa shape index (κ2) is 5.74. The van der Waals surface area contributed by atoms with E-state index >= 15 is 0 Å².